The summed E-state index contributed by atoms with van der Waals surface area (Å²) < 4.78 is 58.4. The van der Waals surface area contributed by atoms with Crippen LogP contribution < -0.4 is 0 Å². The molecule has 1 unspecified atom stereocenters. The van der Waals surface area contributed by atoms with Gasteiger partial charge in [0, 0.05) is 0 Å². The molecule has 0 spiro atoms. The molecule has 11 heavy (non-hydrogen) atoms. The second-order valence-electron chi connectivity index (χ2n) is 2.25. The molecule has 5 heteroatoms. The van der Waals surface area contributed by atoms with Crippen molar-refractivity contribution in [3.63, 3.8) is 0 Å². The van der Waals surface area contributed by atoms with Gasteiger partial charge in [0.1, 0.15) is 6.17 Å². The lowest BCUT2D eigenvalue weighted by Gasteiger charge is -2.15. The molecule has 0 aliphatic heterocycles. The summed E-state index contributed by atoms with van der Waals surface area (Å²) in [4.78, 5) is 0. The molecule has 2 atom stereocenters. The Labute approximate surface area is 61.4 Å². The Balaban J connectivity index is 3.91. The maximum atomic E-state index is 12.2. The van der Waals surface area contributed by atoms with Crippen LogP contribution in [-0.4, -0.2) is 18.5 Å². The molecule has 0 fully saturated rings. The first-order chi connectivity index (χ1) is 4.89. The molecule has 0 aromatic heterocycles. The van der Waals surface area contributed by atoms with Gasteiger partial charge in [-0.05, 0) is 6.42 Å². The lowest BCUT2D eigenvalue weighted by Crippen LogP contribution is -2.33. The molecule has 0 radical (unpaired) electrons. The minimum atomic E-state index is -5.06. The Bertz CT molecular complexity index is 108. The van der Waals surface area contributed by atoms with Crippen molar-refractivity contribution in [2.24, 2.45) is 0 Å². The molecule has 0 aliphatic carbocycles. The summed E-state index contributed by atoms with van der Waals surface area (Å²) >= 11 is 0. The lowest BCUT2D eigenvalue weighted by atomic mass is 10.1. The standard InChI is InChI=1S/C6H9F5/c1-2-3-4(7)5(8)6(9,10)11/h4-5H,2-3H2,1H3/t4?,5-/m0/s1. The van der Waals surface area contributed by atoms with Crippen LogP contribution in [0.3, 0.4) is 0 Å². The van der Waals surface area contributed by atoms with Gasteiger partial charge in [0.15, 0.2) is 0 Å². The summed E-state index contributed by atoms with van der Waals surface area (Å²) in [6.45, 7) is 1.50. The van der Waals surface area contributed by atoms with Crippen molar-refractivity contribution in [1.29, 1.82) is 0 Å². The van der Waals surface area contributed by atoms with Gasteiger partial charge in [-0.25, -0.2) is 8.78 Å². The third-order valence-corrected chi connectivity index (χ3v) is 1.19. The van der Waals surface area contributed by atoms with Gasteiger partial charge in [-0.15, -0.1) is 0 Å². The van der Waals surface area contributed by atoms with E-state index in [0.29, 0.717) is 0 Å². The Morgan fingerprint density at radius 2 is 1.64 bits per heavy atom. The molecule has 0 aliphatic rings. The van der Waals surface area contributed by atoms with Gasteiger partial charge >= 0.3 is 6.18 Å². The lowest BCUT2D eigenvalue weighted by molar-refractivity contribution is -0.196. The number of alkyl halides is 5. The summed E-state index contributed by atoms with van der Waals surface area (Å²) in [6.07, 6.45) is -11.0. The minimum absolute atomic E-state index is 0.206. The van der Waals surface area contributed by atoms with E-state index in [1.165, 1.54) is 6.92 Å². The molecule has 0 rings (SSSR count). The maximum absolute atomic E-state index is 12.2. The Morgan fingerprint density at radius 1 is 1.18 bits per heavy atom. The molecule has 0 N–H and O–H groups in total. The number of halogens is 5. The number of hydrogen-bond acceptors (Lipinski definition) is 0. The molecular formula is C6H9F5. The SMILES string of the molecule is CCCC(F)[C@H](F)C(F)(F)F. The first-order valence-corrected chi connectivity index (χ1v) is 3.24. The normalized spacial score (nSPS) is 18.0. The van der Waals surface area contributed by atoms with E-state index in [1.54, 1.807) is 0 Å². The Kier molecular flexibility index (Phi) is 3.75. The fourth-order valence-corrected chi connectivity index (χ4v) is 0.627. The zero-order chi connectivity index (χ0) is 9.07. The highest BCUT2D eigenvalue weighted by Crippen LogP contribution is 2.28. The molecule has 0 saturated carbocycles. The molecule has 0 saturated heterocycles. The highest BCUT2D eigenvalue weighted by molar-refractivity contribution is 4.74. The van der Waals surface area contributed by atoms with Crippen molar-refractivity contribution >= 4 is 0 Å². The van der Waals surface area contributed by atoms with Gasteiger partial charge < -0.3 is 0 Å². The first kappa shape index (κ1) is 10.7. The Hall–Kier alpha value is -0.350. The predicted octanol–water partition coefficient (Wildman–Crippen LogP) is 3.03. The van der Waals surface area contributed by atoms with Gasteiger partial charge in [0.05, 0.1) is 0 Å². The summed E-state index contributed by atoms with van der Waals surface area (Å²) in [5.41, 5.74) is 0. The van der Waals surface area contributed by atoms with Crippen LogP contribution >= 0.6 is 0 Å². The largest absolute Gasteiger partial charge is 0.422 e. The summed E-state index contributed by atoms with van der Waals surface area (Å²) in [6, 6.07) is 0. The van der Waals surface area contributed by atoms with Crippen molar-refractivity contribution in [1.82, 2.24) is 0 Å². The number of rotatable bonds is 3. The van der Waals surface area contributed by atoms with Gasteiger partial charge in [-0.3, -0.25) is 0 Å². The molecule has 0 heterocycles. The smallest absolute Gasteiger partial charge is 0.244 e. The fourth-order valence-electron chi connectivity index (χ4n) is 0.627. The molecule has 0 nitrogen and oxygen atoms in total. The quantitative estimate of drug-likeness (QED) is 0.580. The van der Waals surface area contributed by atoms with Gasteiger partial charge in [-0.1, -0.05) is 13.3 Å². The first-order valence-electron chi connectivity index (χ1n) is 3.24. The summed E-state index contributed by atoms with van der Waals surface area (Å²) in [7, 11) is 0. The summed E-state index contributed by atoms with van der Waals surface area (Å²) in [5.74, 6) is 0. The van der Waals surface area contributed by atoms with Crippen molar-refractivity contribution in [3.8, 4) is 0 Å². The van der Waals surface area contributed by atoms with Crippen LogP contribution in [0.15, 0.2) is 0 Å². The van der Waals surface area contributed by atoms with E-state index in [2.05, 4.69) is 0 Å². The molecule has 0 aromatic carbocycles. The van der Waals surface area contributed by atoms with E-state index in [9.17, 15) is 22.0 Å². The van der Waals surface area contributed by atoms with E-state index < -0.39 is 18.5 Å². The van der Waals surface area contributed by atoms with Crippen LogP contribution in [0, 0.1) is 0 Å². The predicted molar refractivity (Wildman–Crippen MR) is 30.8 cm³/mol. The maximum Gasteiger partial charge on any atom is 0.422 e. The van der Waals surface area contributed by atoms with Crippen LogP contribution in [0.5, 0.6) is 0 Å². The monoisotopic (exact) mass is 176 g/mol. The van der Waals surface area contributed by atoms with Crippen LogP contribution in [0.1, 0.15) is 19.8 Å². The average Bonchev–Trinajstić information content (AvgIpc) is 1.85. The zero-order valence-electron chi connectivity index (χ0n) is 5.96. The van der Waals surface area contributed by atoms with Crippen molar-refractivity contribution in [3.05, 3.63) is 0 Å². The number of hydrogen-bond donors (Lipinski definition) is 0. The molecular weight excluding hydrogens is 167 g/mol. The highest BCUT2D eigenvalue weighted by Gasteiger charge is 2.45. The van der Waals surface area contributed by atoms with Crippen molar-refractivity contribution in [2.45, 2.75) is 38.3 Å². The second kappa shape index (κ2) is 3.88. The van der Waals surface area contributed by atoms with Crippen molar-refractivity contribution in [2.75, 3.05) is 0 Å². The van der Waals surface area contributed by atoms with Crippen LogP contribution in [0.4, 0.5) is 22.0 Å². The zero-order valence-corrected chi connectivity index (χ0v) is 5.96. The van der Waals surface area contributed by atoms with E-state index in [4.69, 9.17) is 0 Å². The van der Waals surface area contributed by atoms with Crippen molar-refractivity contribution < 1.29 is 22.0 Å². The molecule has 0 amide bonds. The molecule has 0 bridgehead atoms. The third-order valence-electron chi connectivity index (χ3n) is 1.19. The summed E-state index contributed by atoms with van der Waals surface area (Å²) in [5, 5.41) is 0. The van der Waals surface area contributed by atoms with Crippen LogP contribution in [-0.2, 0) is 0 Å². The van der Waals surface area contributed by atoms with E-state index in [0.717, 1.165) is 0 Å². The van der Waals surface area contributed by atoms with Gasteiger partial charge in [-0.2, -0.15) is 13.2 Å². The van der Waals surface area contributed by atoms with E-state index in [-0.39, 0.29) is 12.8 Å². The second-order valence-corrected chi connectivity index (χ2v) is 2.25. The van der Waals surface area contributed by atoms with Gasteiger partial charge in [0.2, 0.25) is 6.17 Å². The fraction of sp³-hybridized carbons (Fsp3) is 1.00. The molecule has 0 aromatic rings. The van der Waals surface area contributed by atoms with E-state index in [1.807, 2.05) is 0 Å². The van der Waals surface area contributed by atoms with Gasteiger partial charge in [0.25, 0.3) is 0 Å². The van der Waals surface area contributed by atoms with E-state index >= 15 is 0 Å². The minimum Gasteiger partial charge on any atom is -0.244 e. The third kappa shape index (κ3) is 3.53. The molecule has 68 valence electrons. The van der Waals surface area contributed by atoms with Crippen LogP contribution in [0.2, 0.25) is 0 Å². The highest BCUT2D eigenvalue weighted by atomic mass is 19.4. The topological polar surface area (TPSA) is 0 Å². The average molecular weight is 176 g/mol. The van der Waals surface area contributed by atoms with Crippen LogP contribution in [0.25, 0.3) is 0 Å². The Morgan fingerprint density at radius 3 is 1.91 bits per heavy atom.